The summed E-state index contributed by atoms with van der Waals surface area (Å²) in [4.78, 5) is 15.0. The molecule has 0 aromatic heterocycles. The summed E-state index contributed by atoms with van der Waals surface area (Å²) < 4.78 is 14.3. The van der Waals surface area contributed by atoms with Gasteiger partial charge in [0.1, 0.15) is 5.82 Å². The average Bonchev–Trinajstić information content (AvgIpc) is 2.45. The van der Waals surface area contributed by atoms with Crippen molar-refractivity contribution >= 4 is 23.2 Å². The maximum absolute atomic E-state index is 14.3. The smallest absolute Gasteiger partial charge is 0.231 e. The van der Waals surface area contributed by atoms with Crippen LogP contribution in [-0.2, 0) is 11.2 Å². The number of halogens is 2. The summed E-state index contributed by atoms with van der Waals surface area (Å²) >= 11 is 5.88. The first-order valence-corrected chi connectivity index (χ1v) is 7.42. The molecule has 1 fully saturated rings. The van der Waals surface area contributed by atoms with Gasteiger partial charge in [-0.25, -0.2) is 4.39 Å². The highest BCUT2D eigenvalue weighted by Gasteiger charge is 2.24. The number of rotatable bonds is 4. The molecule has 0 unspecified atom stereocenters. The Hall–Kier alpha value is -1.84. The van der Waals surface area contributed by atoms with E-state index in [0.29, 0.717) is 31.7 Å². The van der Waals surface area contributed by atoms with E-state index < -0.39 is 5.82 Å². The summed E-state index contributed by atoms with van der Waals surface area (Å²) in [6.45, 7) is 4.71. The first-order valence-electron chi connectivity index (χ1n) is 7.04. The van der Waals surface area contributed by atoms with E-state index in [9.17, 15) is 9.18 Å². The third-order valence-corrected chi connectivity index (χ3v) is 4.08. The predicted molar refractivity (Wildman–Crippen MR) is 83.3 cm³/mol. The van der Waals surface area contributed by atoms with E-state index in [1.54, 1.807) is 6.07 Å². The average molecular weight is 325 g/mol. The van der Waals surface area contributed by atoms with Gasteiger partial charge in [-0.05, 0) is 18.6 Å². The van der Waals surface area contributed by atoms with Crippen LogP contribution >= 0.6 is 11.6 Å². The van der Waals surface area contributed by atoms with Crippen LogP contribution in [0.4, 0.5) is 10.1 Å². The number of amides is 1. The number of benzene rings is 1. The minimum Gasteiger partial charge on any atom is -0.369 e. The molecular formula is C15H18ClFN4O. The summed E-state index contributed by atoms with van der Waals surface area (Å²) in [7, 11) is 0. The van der Waals surface area contributed by atoms with Gasteiger partial charge in [-0.15, -0.1) is 0 Å². The molecule has 22 heavy (non-hydrogen) atoms. The van der Waals surface area contributed by atoms with Crippen molar-refractivity contribution in [3.05, 3.63) is 28.0 Å². The van der Waals surface area contributed by atoms with Crippen LogP contribution in [0.5, 0.6) is 0 Å². The SMILES string of the molecule is Cc1cc(Cl)c(F)c(CC#N)c1N1CCN(CC(N)=O)CC1. The lowest BCUT2D eigenvalue weighted by atomic mass is 10.0. The van der Waals surface area contributed by atoms with Gasteiger partial charge < -0.3 is 10.6 Å². The molecule has 0 bridgehead atoms. The number of aryl methyl sites for hydroxylation is 1. The van der Waals surface area contributed by atoms with Gasteiger partial charge in [-0.3, -0.25) is 9.69 Å². The molecule has 1 amide bonds. The van der Waals surface area contributed by atoms with E-state index in [-0.39, 0.29) is 23.9 Å². The van der Waals surface area contributed by atoms with Gasteiger partial charge in [0.25, 0.3) is 0 Å². The molecule has 0 saturated carbocycles. The van der Waals surface area contributed by atoms with E-state index in [2.05, 4.69) is 0 Å². The Labute approximate surface area is 134 Å². The van der Waals surface area contributed by atoms with Crippen molar-refractivity contribution in [1.29, 1.82) is 5.26 Å². The number of carbonyl (C=O) groups excluding carboxylic acids is 1. The van der Waals surface area contributed by atoms with Crippen LogP contribution in [0.3, 0.4) is 0 Å². The number of anilines is 1. The molecule has 1 aliphatic heterocycles. The van der Waals surface area contributed by atoms with E-state index in [0.717, 1.165) is 11.3 Å². The third kappa shape index (κ3) is 3.49. The molecule has 1 aromatic rings. The maximum Gasteiger partial charge on any atom is 0.231 e. The van der Waals surface area contributed by atoms with Gasteiger partial charge in [0.15, 0.2) is 0 Å². The molecule has 2 N–H and O–H groups in total. The van der Waals surface area contributed by atoms with Crippen molar-refractivity contribution < 1.29 is 9.18 Å². The van der Waals surface area contributed by atoms with Crippen LogP contribution in [0.1, 0.15) is 11.1 Å². The van der Waals surface area contributed by atoms with Gasteiger partial charge in [0.05, 0.1) is 24.1 Å². The Bertz CT molecular complexity index is 621. The molecule has 118 valence electrons. The third-order valence-electron chi connectivity index (χ3n) is 3.80. The number of nitriles is 1. The largest absolute Gasteiger partial charge is 0.369 e. The molecule has 5 nitrogen and oxygen atoms in total. The zero-order valence-electron chi connectivity index (χ0n) is 12.4. The molecule has 0 radical (unpaired) electrons. The number of primary amides is 1. The van der Waals surface area contributed by atoms with E-state index in [1.165, 1.54) is 0 Å². The quantitative estimate of drug-likeness (QED) is 0.910. The highest BCUT2D eigenvalue weighted by molar-refractivity contribution is 6.31. The fourth-order valence-corrected chi connectivity index (χ4v) is 3.12. The van der Waals surface area contributed by atoms with Crippen molar-refractivity contribution in [3.63, 3.8) is 0 Å². The second kappa shape index (κ2) is 6.95. The lowest BCUT2D eigenvalue weighted by Gasteiger charge is -2.37. The van der Waals surface area contributed by atoms with Crippen LogP contribution in [0.15, 0.2) is 6.07 Å². The predicted octanol–water partition coefficient (Wildman–Crippen LogP) is 1.46. The van der Waals surface area contributed by atoms with Crippen LogP contribution in [0.2, 0.25) is 5.02 Å². The molecular weight excluding hydrogens is 307 g/mol. The minimum absolute atomic E-state index is 0.0237. The van der Waals surface area contributed by atoms with Crippen molar-refractivity contribution in [2.45, 2.75) is 13.3 Å². The first-order chi connectivity index (χ1) is 10.4. The van der Waals surface area contributed by atoms with E-state index in [4.69, 9.17) is 22.6 Å². The molecule has 0 spiro atoms. The lowest BCUT2D eigenvalue weighted by molar-refractivity contribution is -0.119. The van der Waals surface area contributed by atoms with Crippen LogP contribution in [0, 0.1) is 24.1 Å². The number of nitrogens with zero attached hydrogens (tertiary/aromatic N) is 3. The summed E-state index contributed by atoms with van der Waals surface area (Å²) in [5.74, 6) is -0.879. The molecule has 1 saturated heterocycles. The topological polar surface area (TPSA) is 73.4 Å². The Morgan fingerprint density at radius 3 is 2.64 bits per heavy atom. The number of piperazine rings is 1. The molecule has 7 heteroatoms. The van der Waals surface area contributed by atoms with Crippen LogP contribution in [-0.4, -0.2) is 43.5 Å². The normalized spacial score (nSPS) is 15.6. The second-order valence-electron chi connectivity index (χ2n) is 5.38. The number of nitrogens with two attached hydrogens (primary N) is 1. The highest BCUT2D eigenvalue weighted by Crippen LogP contribution is 2.33. The lowest BCUT2D eigenvalue weighted by Crippen LogP contribution is -2.49. The maximum atomic E-state index is 14.3. The Kier molecular flexibility index (Phi) is 5.22. The zero-order valence-corrected chi connectivity index (χ0v) is 13.2. The Morgan fingerprint density at radius 1 is 1.45 bits per heavy atom. The standard InChI is InChI=1S/C15H18ClFN4O/c1-10-8-12(16)14(17)11(2-3-18)15(10)21-6-4-20(5-7-21)9-13(19)22/h8H,2,4-7,9H2,1H3,(H2,19,22). The van der Waals surface area contributed by atoms with E-state index in [1.807, 2.05) is 22.8 Å². The van der Waals surface area contributed by atoms with Crippen LogP contribution in [0.25, 0.3) is 0 Å². The monoisotopic (exact) mass is 324 g/mol. The summed E-state index contributed by atoms with van der Waals surface area (Å²) in [6, 6.07) is 3.58. The van der Waals surface area contributed by atoms with E-state index >= 15 is 0 Å². The molecule has 1 heterocycles. The summed E-state index contributed by atoms with van der Waals surface area (Å²) in [6.07, 6.45) is -0.0237. The highest BCUT2D eigenvalue weighted by atomic mass is 35.5. The second-order valence-corrected chi connectivity index (χ2v) is 5.79. The van der Waals surface area contributed by atoms with Crippen molar-refractivity contribution in [1.82, 2.24) is 4.90 Å². The Balaban J connectivity index is 2.25. The van der Waals surface area contributed by atoms with Crippen molar-refractivity contribution in [2.75, 3.05) is 37.6 Å². The van der Waals surface area contributed by atoms with Crippen molar-refractivity contribution in [3.8, 4) is 6.07 Å². The fourth-order valence-electron chi connectivity index (χ4n) is 2.84. The number of carbonyl (C=O) groups is 1. The van der Waals surface area contributed by atoms with Gasteiger partial charge >= 0.3 is 0 Å². The van der Waals surface area contributed by atoms with Crippen LogP contribution < -0.4 is 10.6 Å². The summed E-state index contributed by atoms with van der Waals surface area (Å²) in [5.41, 5.74) is 7.13. The van der Waals surface area contributed by atoms with Gasteiger partial charge in [0, 0.05) is 37.4 Å². The fraction of sp³-hybridized carbons (Fsp3) is 0.467. The van der Waals surface area contributed by atoms with Gasteiger partial charge in [-0.2, -0.15) is 5.26 Å². The Morgan fingerprint density at radius 2 is 2.09 bits per heavy atom. The van der Waals surface area contributed by atoms with Crippen molar-refractivity contribution in [2.24, 2.45) is 5.73 Å². The molecule has 0 atom stereocenters. The molecule has 2 rings (SSSR count). The van der Waals surface area contributed by atoms with Gasteiger partial charge in [0.2, 0.25) is 5.91 Å². The minimum atomic E-state index is -0.525. The number of hydrogen-bond donors (Lipinski definition) is 1. The molecule has 1 aliphatic rings. The number of hydrogen-bond acceptors (Lipinski definition) is 4. The molecule has 0 aliphatic carbocycles. The summed E-state index contributed by atoms with van der Waals surface area (Å²) in [5, 5.41) is 8.99. The van der Waals surface area contributed by atoms with Gasteiger partial charge in [-0.1, -0.05) is 11.6 Å². The zero-order chi connectivity index (χ0) is 16.3. The first kappa shape index (κ1) is 16.5. The molecule has 1 aromatic carbocycles.